The van der Waals surface area contributed by atoms with Crippen LogP contribution >= 0.6 is 23.2 Å². The number of aromatic nitrogens is 1. The summed E-state index contributed by atoms with van der Waals surface area (Å²) in [5.74, 6) is 0.154. The van der Waals surface area contributed by atoms with Gasteiger partial charge in [0, 0.05) is 29.1 Å². The second-order valence-corrected chi connectivity index (χ2v) is 11.9. The summed E-state index contributed by atoms with van der Waals surface area (Å²) < 4.78 is 31.5. The number of methoxy groups -OCH3 is 1. The van der Waals surface area contributed by atoms with E-state index in [2.05, 4.69) is 17.4 Å². The summed E-state index contributed by atoms with van der Waals surface area (Å²) in [6.45, 7) is 2.41. The predicted octanol–water partition coefficient (Wildman–Crippen LogP) is 7.44. The average molecular weight is 602 g/mol. The largest absolute Gasteiger partial charge is 0.465 e. The minimum atomic E-state index is -0.626. The van der Waals surface area contributed by atoms with Gasteiger partial charge in [-0.2, -0.15) is 0 Å². The number of nitrogens with one attached hydrogen (secondary N) is 1. The quantitative estimate of drug-likeness (QED) is 0.283. The second-order valence-electron chi connectivity index (χ2n) is 11.1. The molecule has 1 aromatic heterocycles. The maximum atomic E-state index is 14.5. The van der Waals surface area contributed by atoms with E-state index < -0.39 is 17.8 Å². The molecule has 6 rings (SSSR count). The number of carbonyl (C=O) groups excluding carboxylic acids is 2. The summed E-state index contributed by atoms with van der Waals surface area (Å²) in [6.07, 6.45) is 4.10. The Morgan fingerprint density at radius 2 is 1.90 bits per heavy atom. The molecule has 3 aliphatic rings. The predicted molar refractivity (Wildman–Crippen MR) is 152 cm³/mol. The number of hydrogen-bond acceptors (Lipinski definition) is 6. The zero-order valence-electron chi connectivity index (χ0n) is 22.7. The number of nitrogens with zero attached hydrogens (tertiary/aromatic N) is 2. The molecule has 41 heavy (non-hydrogen) atoms. The highest BCUT2D eigenvalue weighted by Gasteiger charge is 2.48. The van der Waals surface area contributed by atoms with Gasteiger partial charge in [-0.15, -0.1) is 0 Å². The van der Waals surface area contributed by atoms with Gasteiger partial charge in [-0.3, -0.25) is 0 Å². The number of piperidine rings is 1. The maximum absolute atomic E-state index is 14.5. The van der Waals surface area contributed by atoms with E-state index in [1.54, 1.807) is 23.1 Å². The highest BCUT2D eigenvalue weighted by Crippen LogP contribution is 2.47. The Morgan fingerprint density at radius 3 is 2.59 bits per heavy atom. The van der Waals surface area contributed by atoms with Gasteiger partial charge < -0.3 is 24.2 Å². The van der Waals surface area contributed by atoms with Gasteiger partial charge in [-0.25, -0.2) is 14.0 Å². The molecular weight excluding hydrogens is 572 g/mol. The van der Waals surface area contributed by atoms with Crippen LogP contribution in [0.1, 0.15) is 66.6 Å². The third kappa shape index (κ3) is 5.43. The van der Waals surface area contributed by atoms with Crippen molar-refractivity contribution in [3.63, 3.8) is 0 Å². The highest BCUT2D eigenvalue weighted by molar-refractivity contribution is 6.39. The molecule has 216 valence electrons. The molecule has 2 amide bonds. The van der Waals surface area contributed by atoms with Gasteiger partial charge in [0.1, 0.15) is 17.3 Å². The van der Waals surface area contributed by atoms with Gasteiger partial charge in [0.2, 0.25) is 0 Å². The van der Waals surface area contributed by atoms with Crippen molar-refractivity contribution in [1.29, 1.82) is 0 Å². The normalized spacial score (nSPS) is 23.5. The van der Waals surface area contributed by atoms with Crippen LogP contribution in [-0.2, 0) is 16.1 Å². The zero-order chi connectivity index (χ0) is 28.8. The smallest absolute Gasteiger partial charge is 0.337 e. The molecule has 0 radical (unpaired) electrons. The first-order chi connectivity index (χ1) is 19.7. The molecule has 0 spiro atoms. The molecule has 1 aliphatic carbocycles. The number of fused-ring (bicyclic) bond motifs is 2. The van der Waals surface area contributed by atoms with Crippen molar-refractivity contribution >= 4 is 40.9 Å². The van der Waals surface area contributed by atoms with Crippen molar-refractivity contribution in [2.24, 2.45) is 5.92 Å². The van der Waals surface area contributed by atoms with Gasteiger partial charge in [0.05, 0.1) is 41.1 Å². The molecule has 2 aromatic carbocycles. The lowest BCUT2D eigenvalue weighted by molar-refractivity contribution is -0.0181. The topological polar surface area (TPSA) is 93.9 Å². The Bertz CT molecular complexity index is 1470. The third-order valence-electron chi connectivity index (χ3n) is 8.38. The van der Waals surface area contributed by atoms with Crippen LogP contribution in [0.15, 0.2) is 40.9 Å². The van der Waals surface area contributed by atoms with Crippen LogP contribution < -0.4 is 5.32 Å². The van der Waals surface area contributed by atoms with Crippen LogP contribution in [-0.4, -0.2) is 47.4 Å². The number of anilines is 1. The van der Waals surface area contributed by atoms with Crippen molar-refractivity contribution in [3.8, 4) is 11.3 Å². The first kappa shape index (κ1) is 28.0. The lowest BCUT2D eigenvalue weighted by atomic mass is 9.97. The standard InChI is InChI=1S/C30H30Cl2FN3O5/c1-15-10-18-12-19(13-25(15)36(18)30(38)34-24-11-17(29(37)39-2)8-9-23(24)33)40-14-20-27(35-41-28(20)16-6-7-16)26-21(31)4-3-5-22(26)32/h3-5,8-9,11,15-16,18-19,25H,6-7,10,12-14H2,1-2H3,(H,34,38)/t15-,18?,19?,25?/m1/s1. The third-order valence-corrected chi connectivity index (χ3v) is 9.01. The summed E-state index contributed by atoms with van der Waals surface area (Å²) in [5.41, 5.74) is 2.20. The molecular formula is C30H30Cl2FN3O5. The van der Waals surface area contributed by atoms with Gasteiger partial charge in [0.15, 0.2) is 0 Å². The van der Waals surface area contributed by atoms with Gasteiger partial charge in [-0.05, 0) is 68.4 Å². The molecule has 2 aliphatic heterocycles. The molecule has 2 bridgehead atoms. The van der Waals surface area contributed by atoms with E-state index in [9.17, 15) is 14.0 Å². The Morgan fingerprint density at radius 1 is 1.15 bits per heavy atom. The molecule has 2 saturated heterocycles. The zero-order valence-corrected chi connectivity index (χ0v) is 24.2. The lowest BCUT2D eigenvalue weighted by Gasteiger charge is -2.39. The fourth-order valence-electron chi connectivity index (χ4n) is 6.22. The number of halogens is 3. The number of ether oxygens (including phenoxy) is 2. The van der Waals surface area contributed by atoms with E-state index in [1.807, 2.05) is 0 Å². The Balaban J connectivity index is 1.17. The van der Waals surface area contributed by atoms with E-state index in [1.165, 1.54) is 19.2 Å². The van der Waals surface area contributed by atoms with Crippen LogP contribution in [0.3, 0.4) is 0 Å². The minimum Gasteiger partial charge on any atom is -0.465 e. The number of esters is 1. The number of benzene rings is 2. The summed E-state index contributed by atoms with van der Waals surface area (Å²) in [6, 6.07) is 8.56. The SMILES string of the molecule is COC(=O)c1ccc(F)c(NC(=O)N2C3CC(OCc4c(-c5c(Cl)cccc5Cl)noc4C4CC4)CC2[C@H](C)C3)c1. The number of amides is 2. The molecule has 11 heteroatoms. The van der Waals surface area contributed by atoms with E-state index in [0.29, 0.717) is 46.7 Å². The van der Waals surface area contributed by atoms with Crippen molar-refractivity contribution in [1.82, 2.24) is 10.1 Å². The number of hydrogen-bond donors (Lipinski definition) is 1. The summed E-state index contributed by atoms with van der Waals surface area (Å²) in [7, 11) is 1.25. The van der Waals surface area contributed by atoms with E-state index in [4.69, 9.17) is 37.2 Å². The van der Waals surface area contributed by atoms with E-state index in [-0.39, 0.29) is 35.4 Å². The maximum Gasteiger partial charge on any atom is 0.337 e. The van der Waals surface area contributed by atoms with Gasteiger partial charge >= 0.3 is 12.0 Å². The van der Waals surface area contributed by atoms with Crippen LogP contribution in [0, 0.1) is 11.7 Å². The fraction of sp³-hybridized carbons (Fsp3) is 0.433. The van der Waals surface area contributed by atoms with Crippen molar-refractivity contribution in [2.75, 3.05) is 12.4 Å². The van der Waals surface area contributed by atoms with E-state index >= 15 is 0 Å². The van der Waals surface area contributed by atoms with Crippen molar-refractivity contribution in [2.45, 2.75) is 69.7 Å². The summed E-state index contributed by atoms with van der Waals surface area (Å²) >= 11 is 13.0. The summed E-state index contributed by atoms with van der Waals surface area (Å²) in [4.78, 5) is 27.1. The molecule has 3 aromatic rings. The Kier molecular flexibility index (Phi) is 7.70. The van der Waals surface area contributed by atoms with Gasteiger partial charge in [-0.1, -0.05) is 41.3 Å². The molecule has 4 atom stereocenters. The fourth-order valence-corrected chi connectivity index (χ4v) is 6.79. The van der Waals surface area contributed by atoms with Crippen LogP contribution in [0.25, 0.3) is 11.3 Å². The van der Waals surface area contributed by atoms with Crippen molar-refractivity contribution in [3.05, 3.63) is 69.1 Å². The molecule has 8 nitrogen and oxygen atoms in total. The molecule has 1 saturated carbocycles. The summed E-state index contributed by atoms with van der Waals surface area (Å²) in [5, 5.41) is 8.01. The highest BCUT2D eigenvalue weighted by atomic mass is 35.5. The number of carbonyl (C=O) groups is 2. The molecule has 3 fully saturated rings. The first-order valence-corrected chi connectivity index (χ1v) is 14.5. The number of urea groups is 1. The van der Waals surface area contributed by atoms with Crippen LogP contribution in [0.4, 0.5) is 14.9 Å². The minimum absolute atomic E-state index is 0.0610. The monoisotopic (exact) mass is 601 g/mol. The average Bonchev–Trinajstić information content (AvgIpc) is 3.67. The lowest BCUT2D eigenvalue weighted by Crippen LogP contribution is -2.51. The molecule has 3 heterocycles. The Labute approximate surface area is 247 Å². The Hall–Kier alpha value is -3.14. The van der Waals surface area contributed by atoms with Crippen LogP contribution in [0.2, 0.25) is 10.0 Å². The van der Waals surface area contributed by atoms with Crippen molar-refractivity contribution < 1.29 is 28.0 Å². The second kappa shape index (κ2) is 11.3. The van der Waals surface area contributed by atoms with Gasteiger partial charge in [0.25, 0.3) is 0 Å². The molecule has 1 N–H and O–H groups in total. The molecule has 3 unspecified atom stereocenters. The first-order valence-electron chi connectivity index (χ1n) is 13.8. The van der Waals surface area contributed by atoms with E-state index in [0.717, 1.165) is 36.7 Å². The van der Waals surface area contributed by atoms with Crippen LogP contribution in [0.5, 0.6) is 0 Å². The number of rotatable bonds is 7.